The van der Waals surface area contributed by atoms with Gasteiger partial charge in [0.25, 0.3) is 11.6 Å². The van der Waals surface area contributed by atoms with Crippen LogP contribution in [0.25, 0.3) is 11.0 Å². The van der Waals surface area contributed by atoms with Crippen LogP contribution in [0.5, 0.6) is 0 Å². The molecule has 1 unspecified atom stereocenters. The first-order valence-corrected chi connectivity index (χ1v) is 8.10. The lowest BCUT2D eigenvalue weighted by atomic mass is 10.1. The molecule has 3 N–H and O–H groups in total. The smallest absolute Gasteiger partial charge is 0.314 e. The van der Waals surface area contributed by atoms with Crippen molar-refractivity contribution in [2.75, 3.05) is 0 Å². The van der Waals surface area contributed by atoms with Crippen LogP contribution in [0, 0.1) is 10.1 Å². The molecule has 0 saturated heterocycles. The summed E-state index contributed by atoms with van der Waals surface area (Å²) in [7, 11) is 0. The second kappa shape index (κ2) is 6.16. The molecule has 1 aliphatic rings. The number of benzene rings is 1. The number of nitrogens with one attached hydrogen (secondary N) is 3. The molecule has 0 saturated carbocycles. The molecule has 2 heterocycles. The van der Waals surface area contributed by atoms with Gasteiger partial charge in [-0.25, -0.2) is 0 Å². The van der Waals surface area contributed by atoms with Crippen LogP contribution < -0.4 is 16.4 Å². The SMILES string of the molecule is O=C(NC1Cc2c([N+](=O)[O-])cc3[nH]c(=O)c(=O)[nH]c3c2C1)c1cccnc1. The lowest BCUT2D eigenvalue weighted by Gasteiger charge is -2.11. The maximum absolute atomic E-state index is 12.3. The Morgan fingerprint density at radius 2 is 1.96 bits per heavy atom. The van der Waals surface area contributed by atoms with E-state index < -0.39 is 16.0 Å². The van der Waals surface area contributed by atoms with Gasteiger partial charge in [-0.15, -0.1) is 0 Å². The Labute approximate surface area is 150 Å². The van der Waals surface area contributed by atoms with E-state index in [-0.39, 0.29) is 29.6 Å². The molecule has 27 heavy (non-hydrogen) atoms. The van der Waals surface area contributed by atoms with Gasteiger partial charge < -0.3 is 15.3 Å². The molecule has 1 aliphatic carbocycles. The van der Waals surface area contributed by atoms with Gasteiger partial charge in [-0.1, -0.05) is 0 Å². The van der Waals surface area contributed by atoms with Gasteiger partial charge in [-0.3, -0.25) is 29.5 Å². The number of carbonyl (C=O) groups excluding carboxylic acids is 1. The van der Waals surface area contributed by atoms with Crippen LogP contribution in [-0.4, -0.2) is 31.8 Å². The monoisotopic (exact) mass is 367 g/mol. The summed E-state index contributed by atoms with van der Waals surface area (Å²) in [4.78, 5) is 55.2. The standard InChI is InChI=1S/C17H13N5O5/c23-15(8-2-1-3-18-7-8)19-9-4-10-11(5-9)14-12(6-13(10)22(26)27)20-16(24)17(25)21-14/h1-3,6-7,9H,4-5H2,(H,19,23)(H,20,24)(H,21,25). The van der Waals surface area contributed by atoms with Gasteiger partial charge in [-0.05, 0) is 24.1 Å². The predicted octanol–water partition coefficient (Wildman–Crippen LogP) is 0.417. The van der Waals surface area contributed by atoms with Crippen LogP contribution in [0.15, 0.2) is 40.2 Å². The van der Waals surface area contributed by atoms with Crippen LogP contribution >= 0.6 is 0 Å². The molecular formula is C17H13N5O5. The average Bonchev–Trinajstić information content (AvgIpc) is 3.06. The van der Waals surface area contributed by atoms with Crippen LogP contribution in [0.1, 0.15) is 21.5 Å². The number of nitrogens with zero attached hydrogens (tertiary/aromatic N) is 2. The number of H-pyrrole nitrogens is 2. The van der Waals surface area contributed by atoms with Crippen LogP contribution in [-0.2, 0) is 12.8 Å². The molecule has 0 fully saturated rings. The number of hydrogen-bond donors (Lipinski definition) is 3. The lowest BCUT2D eigenvalue weighted by Crippen LogP contribution is -2.35. The Balaban J connectivity index is 1.74. The number of aromatic nitrogens is 3. The van der Waals surface area contributed by atoms with Gasteiger partial charge in [0.05, 0.1) is 21.5 Å². The van der Waals surface area contributed by atoms with Crippen LogP contribution in [0.4, 0.5) is 5.69 Å². The fourth-order valence-electron chi connectivity index (χ4n) is 3.40. The zero-order valence-corrected chi connectivity index (χ0v) is 13.8. The van der Waals surface area contributed by atoms with E-state index in [0.29, 0.717) is 28.6 Å². The molecule has 10 nitrogen and oxygen atoms in total. The fourth-order valence-corrected chi connectivity index (χ4v) is 3.40. The number of hydrogen-bond acceptors (Lipinski definition) is 6. The Bertz CT molecular complexity index is 1200. The first-order valence-electron chi connectivity index (χ1n) is 8.10. The van der Waals surface area contributed by atoms with Crippen molar-refractivity contribution in [3.8, 4) is 0 Å². The molecule has 136 valence electrons. The van der Waals surface area contributed by atoms with E-state index in [1.165, 1.54) is 12.3 Å². The molecule has 0 bridgehead atoms. The van der Waals surface area contributed by atoms with Gasteiger partial charge in [0.1, 0.15) is 0 Å². The molecule has 2 aromatic heterocycles. The lowest BCUT2D eigenvalue weighted by molar-refractivity contribution is -0.385. The van der Waals surface area contributed by atoms with E-state index in [1.54, 1.807) is 18.3 Å². The second-order valence-corrected chi connectivity index (χ2v) is 6.26. The third kappa shape index (κ3) is 2.86. The molecule has 1 amide bonds. The second-order valence-electron chi connectivity index (χ2n) is 6.26. The van der Waals surface area contributed by atoms with Crippen molar-refractivity contribution in [2.45, 2.75) is 18.9 Å². The van der Waals surface area contributed by atoms with E-state index in [9.17, 15) is 24.5 Å². The van der Waals surface area contributed by atoms with Crippen molar-refractivity contribution >= 4 is 22.6 Å². The van der Waals surface area contributed by atoms with Crippen molar-refractivity contribution < 1.29 is 9.72 Å². The Morgan fingerprint density at radius 3 is 2.67 bits per heavy atom. The summed E-state index contributed by atoms with van der Waals surface area (Å²) in [5, 5.41) is 14.3. The quantitative estimate of drug-likeness (QED) is 0.347. The van der Waals surface area contributed by atoms with E-state index in [1.807, 2.05) is 0 Å². The van der Waals surface area contributed by atoms with Crippen molar-refractivity contribution in [2.24, 2.45) is 0 Å². The summed E-state index contributed by atoms with van der Waals surface area (Å²) in [6.45, 7) is 0. The minimum atomic E-state index is -0.879. The van der Waals surface area contributed by atoms with Crippen molar-refractivity contribution in [1.29, 1.82) is 0 Å². The van der Waals surface area contributed by atoms with Crippen LogP contribution in [0.3, 0.4) is 0 Å². The maximum Gasteiger partial charge on any atom is 0.314 e. The topological polar surface area (TPSA) is 151 Å². The Morgan fingerprint density at radius 1 is 1.22 bits per heavy atom. The highest BCUT2D eigenvalue weighted by molar-refractivity contribution is 5.94. The molecule has 1 atom stereocenters. The third-order valence-corrected chi connectivity index (χ3v) is 4.58. The first-order chi connectivity index (χ1) is 12.9. The summed E-state index contributed by atoms with van der Waals surface area (Å²) in [6, 6.07) is 4.10. The largest absolute Gasteiger partial charge is 0.349 e. The minimum absolute atomic E-state index is 0.154. The highest BCUT2D eigenvalue weighted by atomic mass is 16.6. The summed E-state index contributed by atoms with van der Waals surface area (Å²) >= 11 is 0. The summed E-state index contributed by atoms with van der Waals surface area (Å²) in [5.74, 6) is -0.338. The summed E-state index contributed by atoms with van der Waals surface area (Å²) < 4.78 is 0. The molecule has 1 aromatic carbocycles. The van der Waals surface area contributed by atoms with E-state index in [4.69, 9.17) is 0 Å². The molecule has 3 aromatic rings. The number of aromatic amines is 2. The zero-order valence-electron chi connectivity index (χ0n) is 13.8. The minimum Gasteiger partial charge on any atom is -0.349 e. The summed E-state index contributed by atoms with van der Waals surface area (Å²) in [6.07, 6.45) is 3.52. The maximum atomic E-state index is 12.3. The van der Waals surface area contributed by atoms with Crippen LogP contribution in [0.2, 0.25) is 0 Å². The predicted molar refractivity (Wildman–Crippen MR) is 94.7 cm³/mol. The zero-order chi connectivity index (χ0) is 19.1. The Kier molecular flexibility index (Phi) is 3.80. The first kappa shape index (κ1) is 16.6. The molecule has 4 rings (SSSR count). The average molecular weight is 367 g/mol. The fraction of sp³-hybridized carbons (Fsp3) is 0.176. The highest BCUT2D eigenvalue weighted by Gasteiger charge is 2.32. The summed E-state index contributed by atoms with van der Waals surface area (Å²) in [5.41, 5.74) is 0.0276. The number of nitro groups is 1. The van der Waals surface area contributed by atoms with Gasteiger partial charge >= 0.3 is 11.1 Å². The van der Waals surface area contributed by atoms with Crippen molar-refractivity contribution in [3.63, 3.8) is 0 Å². The van der Waals surface area contributed by atoms with Gasteiger partial charge in [-0.2, -0.15) is 0 Å². The number of carbonyl (C=O) groups is 1. The normalized spacial score (nSPS) is 15.5. The molecular weight excluding hydrogens is 354 g/mol. The molecule has 0 aliphatic heterocycles. The molecule has 10 heteroatoms. The molecule has 0 radical (unpaired) electrons. The highest BCUT2D eigenvalue weighted by Crippen LogP contribution is 2.35. The third-order valence-electron chi connectivity index (χ3n) is 4.58. The van der Waals surface area contributed by atoms with Crippen molar-refractivity contribution in [3.05, 3.63) is 78.1 Å². The van der Waals surface area contributed by atoms with E-state index in [0.717, 1.165) is 0 Å². The van der Waals surface area contributed by atoms with Gasteiger partial charge in [0.15, 0.2) is 0 Å². The van der Waals surface area contributed by atoms with E-state index in [2.05, 4.69) is 20.3 Å². The Hall–Kier alpha value is -3.82. The number of nitro benzene ring substituents is 1. The van der Waals surface area contributed by atoms with Gasteiger partial charge in [0.2, 0.25) is 0 Å². The van der Waals surface area contributed by atoms with Crippen molar-refractivity contribution in [1.82, 2.24) is 20.3 Å². The number of amides is 1. The number of rotatable bonds is 3. The van der Waals surface area contributed by atoms with Gasteiger partial charge in [0, 0.05) is 36.5 Å². The van der Waals surface area contributed by atoms with E-state index >= 15 is 0 Å². The number of fused-ring (bicyclic) bond motifs is 3. The molecule has 0 spiro atoms. The number of pyridine rings is 1.